The summed E-state index contributed by atoms with van der Waals surface area (Å²) in [6, 6.07) is 3.08. The molecular formula is C12H17NO3. The highest BCUT2D eigenvalue weighted by molar-refractivity contribution is 5.90. The minimum Gasteiger partial charge on any atom is -0.477 e. The Hall–Kier alpha value is -1.58. The lowest BCUT2D eigenvalue weighted by molar-refractivity contribution is 0.0690. The first-order chi connectivity index (χ1) is 7.65. The third-order valence-electron chi connectivity index (χ3n) is 2.29. The van der Waals surface area contributed by atoms with E-state index in [1.807, 2.05) is 0 Å². The highest BCUT2D eigenvalue weighted by Crippen LogP contribution is 2.16. The van der Waals surface area contributed by atoms with Crippen LogP contribution >= 0.6 is 0 Å². The molecule has 1 N–H and O–H groups in total. The molecule has 88 valence electrons. The quantitative estimate of drug-likeness (QED) is 0.805. The van der Waals surface area contributed by atoms with Crippen LogP contribution in [0.2, 0.25) is 0 Å². The molecule has 0 saturated carbocycles. The van der Waals surface area contributed by atoms with Crippen LogP contribution in [0.15, 0.2) is 18.3 Å². The van der Waals surface area contributed by atoms with Gasteiger partial charge < -0.3 is 9.84 Å². The molecule has 1 aromatic rings. The van der Waals surface area contributed by atoms with Crippen molar-refractivity contribution in [3.05, 3.63) is 23.9 Å². The van der Waals surface area contributed by atoms with Crippen LogP contribution in [0.1, 0.15) is 37.0 Å². The maximum absolute atomic E-state index is 10.9. The van der Waals surface area contributed by atoms with Crippen LogP contribution in [0, 0.1) is 5.92 Å². The van der Waals surface area contributed by atoms with Gasteiger partial charge in [-0.2, -0.15) is 0 Å². The van der Waals surface area contributed by atoms with Gasteiger partial charge in [0.1, 0.15) is 5.56 Å². The van der Waals surface area contributed by atoms with Crippen molar-refractivity contribution in [3.8, 4) is 5.88 Å². The van der Waals surface area contributed by atoms with Gasteiger partial charge in [0, 0.05) is 6.20 Å². The average molecular weight is 223 g/mol. The summed E-state index contributed by atoms with van der Waals surface area (Å²) in [5.41, 5.74) is 0.117. The van der Waals surface area contributed by atoms with Gasteiger partial charge in [-0.15, -0.1) is 0 Å². The first-order valence-corrected chi connectivity index (χ1v) is 5.46. The molecule has 0 radical (unpaired) electrons. The lowest BCUT2D eigenvalue weighted by atomic mass is 10.1. The summed E-state index contributed by atoms with van der Waals surface area (Å²) in [5, 5.41) is 8.91. The molecular weight excluding hydrogens is 206 g/mol. The van der Waals surface area contributed by atoms with Crippen molar-refractivity contribution in [2.45, 2.75) is 26.7 Å². The van der Waals surface area contributed by atoms with E-state index in [1.54, 1.807) is 6.07 Å². The van der Waals surface area contributed by atoms with E-state index in [0.29, 0.717) is 12.5 Å². The summed E-state index contributed by atoms with van der Waals surface area (Å²) >= 11 is 0. The third kappa shape index (κ3) is 3.53. The van der Waals surface area contributed by atoms with E-state index in [0.717, 1.165) is 12.8 Å². The maximum Gasteiger partial charge on any atom is 0.341 e. The second kappa shape index (κ2) is 6.10. The van der Waals surface area contributed by atoms with Crippen molar-refractivity contribution in [1.82, 2.24) is 4.98 Å². The van der Waals surface area contributed by atoms with Crippen LogP contribution in [-0.4, -0.2) is 22.7 Å². The predicted octanol–water partition coefficient (Wildman–Crippen LogP) is 2.59. The molecule has 0 aliphatic rings. The predicted molar refractivity (Wildman–Crippen MR) is 60.8 cm³/mol. The molecule has 0 saturated heterocycles. The Balaban J connectivity index is 2.63. The zero-order chi connectivity index (χ0) is 12.0. The number of hydrogen-bond acceptors (Lipinski definition) is 3. The minimum atomic E-state index is -1.01. The van der Waals surface area contributed by atoms with Crippen LogP contribution in [0.25, 0.3) is 0 Å². The van der Waals surface area contributed by atoms with E-state index < -0.39 is 5.97 Å². The Labute approximate surface area is 95.3 Å². The van der Waals surface area contributed by atoms with Gasteiger partial charge in [-0.3, -0.25) is 0 Å². The van der Waals surface area contributed by atoms with E-state index in [9.17, 15) is 4.79 Å². The number of hydrogen-bond donors (Lipinski definition) is 1. The molecule has 1 rings (SSSR count). The van der Waals surface area contributed by atoms with Crippen molar-refractivity contribution in [3.63, 3.8) is 0 Å². The monoisotopic (exact) mass is 223 g/mol. The molecule has 0 aliphatic heterocycles. The van der Waals surface area contributed by atoms with Gasteiger partial charge in [-0.05, 0) is 24.5 Å². The Bertz CT molecular complexity index is 352. The second-order valence-corrected chi connectivity index (χ2v) is 3.87. The molecule has 0 aromatic carbocycles. The van der Waals surface area contributed by atoms with Gasteiger partial charge in [-0.25, -0.2) is 9.78 Å². The number of rotatable bonds is 6. The summed E-state index contributed by atoms with van der Waals surface area (Å²) in [7, 11) is 0. The van der Waals surface area contributed by atoms with E-state index in [-0.39, 0.29) is 11.4 Å². The van der Waals surface area contributed by atoms with Crippen molar-refractivity contribution in [1.29, 1.82) is 0 Å². The topological polar surface area (TPSA) is 59.4 Å². The Kier molecular flexibility index (Phi) is 4.76. The number of nitrogens with zero attached hydrogens (tertiary/aromatic N) is 1. The SMILES string of the molecule is CCCC(C)COc1ncccc1C(=O)O. The average Bonchev–Trinajstić information content (AvgIpc) is 2.27. The van der Waals surface area contributed by atoms with Gasteiger partial charge in [0.05, 0.1) is 6.61 Å². The number of carboxylic acids is 1. The first-order valence-electron chi connectivity index (χ1n) is 5.46. The van der Waals surface area contributed by atoms with Crippen molar-refractivity contribution >= 4 is 5.97 Å². The Morgan fingerprint density at radius 1 is 1.62 bits per heavy atom. The van der Waals surface area contributed by atoms with Crippen LogP contribution in [0.5, 0.6) is 5.88 Å². The number of aromatic nitrogens is 1. The van der Waals surface area contributed by atoms with Crippen molar-refractivity contribution < 1.29 is 14.6 Å². The zero-order valence-corrected chi connectivity index (χ0v) is 9.64. The number of pyridine rings is 1. The molecule has 1 atom stereocenters. The van der Waals surface area contributed by atoms with E-state index in [2.05, 4.69) is 18.8 Å². The number of ether oxygens (including phenoxy) is 1. The molecule has 16 heavy (non-hydrogen) atoms. The number of carbonyl (C=O) groups is 1. The smallest absolute Gasteiger partial charge is 0.341 e. The molecule has 1 heterocycles. The second-order valence-electron chi connectivity index (χ2n) is 3.87. The van der Waals surface area contributed by atoms with E-state index in [1.165, 1.54) is 12.3 Å². The summed E-state index contributed by atoms with van der Waals surface area (Å²) in [4.78, 5) is 14.8. The fraction of sp³-hybridized carbons (Fsp3) is 0.500. The Morgan fingerprint density at radius 3 is 3.00 bits per heavy atom. The zero-order valence-electron chi connectivity index (χ0n) is 9.64. The van der Waals surface area contributed by atoms with Crippen molar-refractivity contribution in [2.24, 2.45) is 5.92 Å². The number of carboxylic acid groups (broad SMARTS) is 1. The minimum absolute atomic E-state index is 0.117. The Morgan fingerprint density at radius 2 is 2.38 bits per heavy atom. The molecule has 1 unspecified atom stereocenters. The number of aromatic carboxylic acids is 1. The van der Waals surface area contributed by atoms with Crippen LogP contribution in [0.3, 0.4) is 0 Å². The van der Waals surface area contributed by atoms with Gasteiger partial charge in [-0.1, -0.05) is 20.3 Å². The summed E-state index contributed by atoms with van der Waals surface area (Å²) < 4.78 is 5.42. The van der Waals surface area contributed by atoms with Crippen molar-refractivity contribution in [2.75, 3.05) is 6.61 Å². The lowest BCUT2D eigenvalue weighted by Crippen LogP contribution is -2.11. The lowest BCUT2D eigenvalue weighted by Gasteiger charge is -2.12. The molecule has 4 heteroatoms. The maximum atomic E-state index is 10.9. The summed E-state index contributed by atoms with van der Waals surface area (Å²) in [6.07, 6.45) is 3.69. The first kappa shape index (κ1) is 12.5. The molecule has 0 fully saturated rings. The summed E-state index contributed by atoms with van der Waals surface area (Å²) in [5.74, 6) is -0.391. The van der Waals surface area contributed by atoms with Crippen LogP contribution in [0.4, 0.5) is 0 Å². The molecule has 0 amide bonds. The van der Waals surface area contributed by atoms with Crippen LogP contribution < -0.4 is 4.74 Å². The van der Waals surface area contributed by atoms with Crippen LogP contribution in [-0.2, 0) is 0 Å². The summed E-state index contributed by atoms with van der Waals surface area (Å²) in [6.45, 7) is 4.69. The molecule has 0 aliphatic carbocycles. The van der Waals surface area contributed by atoms with Gasteiger partial charge in [0.25, 0.3) is 0 Å². The van der Waals surface area contributed by atoms with Gasteiger partial charge >= 0.3 is 5.97 Å². The standard InChI is InChI=1S/C12H17NO3/c1-3-5-9(2)8-16-11-10(12(14)15)6-4-7-13-11/h4,6-7,9H,3,5,8H2,1-2H3,(H,14,15). The molecule has 0 spiro atoms. The highest BCUT2D eigenvalue weighted by Gasteiger charge is 2.12. The van der Waals surface area contributed by atoms with E-state index in [4.69, 9.17) is 9.84 Å². The third-order valence-corrected chi connectivity index (χ3v) is 2.29. The molecule has 1 aromatic heterocycles. The highest BCUT2D eigenvalue weighted by atomic mass is 16.5. The normalized spacial score (nSPS) is 12.1. The molecule has 0 bridgehead atoms. The largest absolute Gasteiger partial charge is 0.477 e. The fourth-order valence-electron chi connectivity index (χ4n) is 1.47. The molecule has 4 nitrogen and oxygen atoms in total. The fourth-order valence-corrected chi connectivity index (χ4v) is 1.47. The van der Waals surface area contributed by atoms with Gasteiger partial charge in [0.2, 0.25) is 5.88 Å². The van der Waals surface area contributed by atoms with E-state index >= 15 is 0 Å². The van der Waals surface area contributed by atoms with Gasteiger partial charge in [0.15, 0.2) is 0 Å².